The number of aromatic nitrogens is 3. The number of unbranched alkanes of at least 4 members (excludes halogenated alkanes) is 1. The number of carbonyl (C=O) groups excluding carboxylic acids is 1. The summed E-state index contributed by atoms with van der Waals surface area (Å²) >= 11 is 0. The summed E-state index contributed by atoms with van der Waals surface area (Å²) < 4.78 is 5.74. The number of carbonyl (C=O) groups is 1. The molecule has 0 saturated carbocycles. The van der Waals surface area contributed by atoms with E-state index in [0.29, 0.717) is 13.0 Å². The molecule has 1 unspecified atom stereocenters. The average Bonchev–Trinajstić information content (AvgIpc) is 3.30. The maximum atomic E-state index is 11.0. The van der Waals surface area contributed by atoms with Crippen LogP contribution in [0.5, 0.6) is 5.75 Å². The zero-order valence-corrected chi connectivity index (χ0v) is 18.4. The van der Waals surface area contributed by atoms with Crippen LogP contribution in [0, 0.1) is 0 Å². The van der Waals surface area contributed by atoms with E-state index >= 15 is 0 Å². The van der Waals surface area contributed by atoms with Gasteiger partial charge in [-0.05, 0) is 61.2 Å². The minimum absolute atomic E-state index is 0.108. The second-order valence-electron chi connectivity index (χ2n) is 7.81. The van der Waals surface area contributed by atoms with Crippen molar-refractivity contribution >= 4 is 22.8 Å². The SMILES string of the molecule is CC(Nc1ncnc2[nH]c(-c3ccc(OCCCCC(=O)NO)cc3)cc12)c1ccccc1. The lowest BCUT2D eigenvalue weighted by molar-refractivity contribution is -0.129. The van der Waals surface area contributed by atoms with Crippen molar-refractivity contribution in [2.24, 2.45) is 0 Å². The normalized spacial score (nSPS) is 11.8. The van der Waals surface area contributed by atoms with E-state index in [2.05, 4.69) is 45.4 Å². The van der Waals surface area contributed by atoms with Crippen molar-refractivity contribution in [3.05, 3.63) is 72.6 Å². The van der Waals surface area contributed by atoms with Crippen molar-refractivity contribution in [2.75, 3.05) is 11.9 Å². The second-order valence-corrected chi connectivity index (χ2v) is 7.81. The summed E-state index contributed by atoms with van der Waals surface area (Å²) in [7, 11) is 0. The lowest BCUT2D eigenvalue weighted by Crippen LogP contribution is -2.18. The number of H-pyrrole nitrogens is 1. The molecule has 0 bridgehead atoms. The van der Waals surface area contributed by atoms with Crippen molar-refractivity contribution in [2.45, 2.75) is 32.2 Å². The first kappa shape index (κ1) is 22.3. The highest BCUT2D eigenvalue weighted by Crippen LogP contribution is 2.29. The van der Waals surface area contributed by atoms with Crippen molar-refractivity contribution in [3.63, 3.8) is 0 Å². The number of nitrogens with one attached hydrogen (secondary N) is 3. The molecule has 33 heavy (non-hydrogen) atoms. The van der Waals surface area contributed by atoms with Crippen LogP contribution in [-0.4, -0.2) is 32.7 Å². The predicted molar refractivity (Wildman–Crippen MR) is 127 cm³/mol. The lowest BCUT2D eigenvalue weighted by Gasteiger charge is -2.15. The molecule has 2 aromatic heterocycles. The number of anilines is 1. The minimum atomic E-state index is -0.379. The molecule has 0 fully saturated rings. The van der Waals surface area contributed by atoms with Crippen LogP contribution in [0.3, 0.4) is 0 Å². The number of fused-ring (bicyclic) bond motifs is 1. The Morgan fingerprint density at radius 2 is 1.88 bits per heavy atom. The van der Waals surface area contributed by atoms with Gasteiger partial charge in [-0.25, -0.2) is 15.4 Å². The molecule has 4 aromatic rings. The van der Waals surface area contributed by atoms with Crippen LogP contribution in [0.2, 0.25) is 0 Å². The quantitative estimate of drug-likeness (QED) is 0.158. The Kier molecular flexibility index (Phi) is 7.16. The van der Waals surface area contributed by atoms with Gasteiger partial charge in [0.2, 0.25) is 5.91 Å². The van der Waals surface area contributed by atoms with Crippen LogP contribution in [-0.2, 0) is 4.79 Å². The van der Waals surface area contributed by atoms with Gasteiger partial charge in [0.1, 0.15) is 23.5 Å². The molecule has 2 heterocycles. The van der Waals surface area contributed by atoms with Gasteiger partial charge in [0.25, 0.3) is 0 Å². The Bertz CT molecular complexity index is 1190. The number of hydrogen-bond donors (Lipinski definition) is 4. The summed E-state index contributed by atoms with van der Waals surface area (Å²) in [5, 5.41) is 12.9. The molecule has 0 radical (unpaired) electrons. The largest absolute Gasteiger partial charge is 0.494 e. The summed E-state index contributed by atoms with van der Waals surface area (Å²) in [5.41, 5.74) is 5.55. The fourth-order valence-electron chi connectivity index (χ4n) is 3.60. The van der Waals surface area contributed by atoms with Crippen LogP contribution < -0.4 is 15.5 Å². The first-order chi connectivity index (χ1) is 16.1. The summed E-state index contributed by atoms with van der Waals surface area (Å²) in [5.74, 6) is 1.17. The molecule has 2 aromatic carbocycles. The molecule has 4 rings (SSSR count). The average molecular weight is 446 g/mol. The number of rotatable bonds is 10. The third-order valence-electron chi connectivity index (χ3n) is 5.44. The third kappa shape index (κ3) is 5.67. The topological polar surface area (TPSA) is 112 Å². The molecule has 1 atom stereocenters. The van der Waals surface area contributed by atoms with E-state index in [4.69, 9.17) is 9.94 Å². The van der Waals surface area contributed by atoms with Crippen LogP contribution in [0.1, 0.15) is 37.8 Å². The molecule has 8 nitrogen and oxygen atoms in total. The van der Waals surface area contributed by atoms with Gasteiger partial charge < -0.3 is 15.0 Å². The van der Waals surface area contributed by atoms with Gasteiger partial charge >= 0.3 is 0 Å². The molecule has 0 saturated heterocycles. The van der Waals surface area contributed by atoms with E-state index in [1.165, 1.54) is 5.56 Å². The van der Waals surface area contributed by atoms with Gasteiger partial charge in [-0.2, -0.15) is 0 Å². The van der Waals surface area contributed by atoms with Crippen molar-refractivity contribution < 1.29 is 14.7 Å². The van der Waals surface area contributed by atoms with E-state index in [1.54, 1.807) is 11.8 Å². The first-order valence-corrected chi connectivity index (χ1v) is 11.0. The number of hydrogen-bond acceptors (Lipinski definition) is 6. The number of hydroxylamine groups is 1. The Morgan fingerprint density at radius 1 is 1.09 bits per heavy atom. The summed E-state index contributed by atoms with van der Waals surface area (Å²) in [6.07, 6.45) is 3.22. The van der Waals surface area contributed by atoms with Crippen LogP contribution in [0.15, 0.2) is 67.0 Å². The summed E-state index contributed by atoms with van der Waals surface area (Å²) in [4.78, 5) is 23.2. The van der Waals surface area contributed by atoms with Gasteiger partial charge in [0.15, 0.2) is 0 Å². The number of amides is 1. The Hall–Kier alpha value is -3.91. The van der Waals surface area contributed by atoms with Gasteiger partial charge in [0, 0.05) is 18.2 Å². The van der Waals surface area contributed by atoms with E-state index < -0.39 is 0 Å². The lowest BCUT2D eigenvalue weighted by atomic mass is 10.1. The van der Waals surface area contributed by atoms with Crippen molar-refractivity contribution in [1.29, 1.82) is 0 Å². The van der Waals surface area contributed by atoms with Gasteiger partial charge in [-0.1, -0.05) is 30.3 Å². The molecule has 0 aliphatic carbocycles. The van der Waals surface area contributed by atoms with Crippen LogP contribution in [0.25, 0.3) is 22.3 Å². The van der Waals surface area contributed by atoms with Crippen molar-refractivity contribution in [1.82, 2.24) is 20.4 Å². The molecule has 1 amide bonds. The fourth-order valence-corrected chi connectivity index (χ4v) is 3.60. The number of nitrogens with zero attached hydrogens (tertiary/aromatic N) is 2. The predicted octanol–water partition coefficient (Wildman–Crippen LogP) is 4.85. The van der Waals surface area contributed by atoms with Gasteiger partial charge in [-0.3, -0.25) is 10.0 Å². The molecule has 170 valence electrons. The van der Waals surface area contributed by atoms with Crippen LogP contribution >= 0.6 is 0 Å². The highest BCUT2D eigenvalue weighted by atomic mass is 16.5. The third-order valence-corrected chi connectivity index (χ3v) is 5.44. The van der Waals surface area contributed by atoms with Gasteiger partial charge in [0.05, 0.1) is 12.0 Å². The number of aromatic amines is 1. The molecule has 0 spiro atoms. The van der Waals surface area contributed by atoms with Crippen LogP contribution in [0.4, 0.5) is 5.82 Å². The monoisotopic (exact) mass is 445 g/mol. The zero-order valence-electron chi connectivity index (χ0n) is 18.4. The van der Waals surface area contributed by atoms with E-state index in [0.717, 1.165) is 40.3 Å². The number of benzene rings is 2. The highest BCUT2D eigenvalue weighted by molar-refractivity contribution is 5.91. The highest BCUT2D eigenvalue weighted by Gasteiger charge is 2.12. The van der Waals surface area contributed by atoms with Gasteiger partial charge in [-0.15, -0.1) is 0 Å². The molecule has 0 aliphatic rings. The Labute approximate surface area is 192 Å². The minimum Gasteiger partial charge on any atom is -0.494 e. The first-order valence-electron chi connectivity index (χ1n) is 11.0. The molecule has 8 heteroatoms. The van der Waals surface area contributed by atoms with E-state index in [-0.39, 0.29) is 18.4 Å². The molecule has 0 aliphatic heterocycles. The maximum Gasteiger partial charge on any atom is 0.243 e. The smallest absolute Gasteiger partial charge is 0.243 e. The standard InChI is InChI=1S/C25H27N5O3/c1-17(18-7-3-2-4-8-18)28-24-21-15-22(29-25(21)27-16-26-24)19-10-12-20(13-11-19)33-14-6-5-9-23(31)30-32/h2-4,7-8,10-13,15-17,32H,5-6,9,14H2,1H3,(H,30,31)(H2,26,27,28,29). The molecular formula is C25H27N5O3. The fraction of sp³-hybridized carbons (Fsp3) is 0.240. The molecule has 4 N–H and O–H groups in total. The van der Waals surface area contributed by atoms with Crippen molar-refractivity contribution in [3.8, 4) is 17.0 Å². The number of ether oxygens (including phenoxy) is 1. The maximum absolute atomic E-state index is 11.0. The van der Waals surface area contributed by atoms with E-state index in [1.807, 2.05) is 42.5 Å². The summed E-state index contributed by atoms with van der Waals surface area (Å²) in [6, 6.07) is 20.2. The summed E-state index contributed by atoms with van der Waals surface area (Å²) in [6.45, 7) is 2.62. The Morgan fingerprint density at radius 3 is 2.64 bits per heavy atom. The zero-order chi connectivity index (χ0) is 23.0. The Balaban J connectivity index is 1.41. The molecular weight excluding hydrogens is 418 g/mol. The second kappa shape index (κ2) is 10.6. The van der Waals surface area contributed by atoms with E-state index in [9.17, 15) is 4.79 Å².